The number of aliphatic hydroxyl groups excluding tert-OH is 1. The van der Waals surface area contributed by atoms with Crippen LogP contribution in [0, 0.1) is 11.8 Å². The summed E-state index contributed by atoms with van der Waals surface area (Å²) in [5.74, 6) is -4.05. The molecule has 1 N–H and O–H groups in total. The number of halogens is 6. The largest absolute Gasteiger partial charge is 0.403 e. The van der Waals surface area contributed by atoms with Gasteiger partial charge in [-0.15, -0.1) is 0 Å². The Kier molecular flexibility index (Phi) is 5.10. The standard InChI is InChI=1S/C9H14F6O/c1-3-5(2)4-6(16)7(8(10,11)12)9(13,14)15/h5-7,16H,3-4H2,1-2H3. The van der Waals surface area contributed by atoms with Gasteiger partial charge in [-0.25, -0.2) is 0 Å². The molecule has 2 atom stereocenters. The molecule has 0 aliphatic heterocycles. The maximum atomic E-state index is 12.1. The number of aliphatic hydroxyl groups is 1. The predicted octanol–water partition coefficient (Wildman–Crippen LogP) is 3.52. The molecule has 0 aromatic heterocycles. The molecule has 0 saturated heterocycles. The lowest BCUT2D eigenvalue weighted by Crippen LogP contribution is -2.45. The van der Waals surface area contributed by atoms with Crippen LogP contribution in [0.3, 0.4) is 0 Å². The van der Waals surface area contributed by atoms with Crippen molar-refractivity contribution in [2.45, 2.75) is 45.1 Å². The van der Waals surface area contributed by atoms with Crippen molar-refractivity contribution in [2.75, 3.05) is 0 Å². The maximum absolute atomic E-state index is 12.1. The molecule has 0 heterocycles. The fourth-order valence-corrected chi connectivity index (χ4v) is 1.34. The van der Waals surface area contributed by atoms with Crippen LogP contribution < -0.4 is 0 Å². The van der Waals surface area contributed by atoms with E-state index in [-0.39, 0.29) is 5.92 Å². The van der Waals surface area contributed by atoms with E-state index in [1.165, 1.54) is 6.92 Å². The molecule has 1 nitrogen and oxygen atoms in total. The summed E-state index contributed by atoms with van der Waals surface area (Å²) in [5, 5.41) is 9.04. The number of hydrogen-bond acceptors (Lipinski definition) is 1. The van der Waals surface area contributed by atoms with Crippen LogP contribution in [-0.2, 0) is 0 Å². The molecule has 0 rings (SSSR count). The first-order chi connectivity index (χ1) is 7.00. The van der Waals surface area contributed by atoms with Gasteiger partial charge in [0, 0.05) is 0 Å². The van der Waals surface area contributed by atoms with Crippen LogP contribution in [0.4, 0.5) is 26.3 Å². The molecule has 0 saturated carbocycles. The molecular weight excluding hydrogens is 238 g/mol. The summed E-state index contributed by atoms with van der Waals surface area (Å²) in [4.78, 5) is 0. The fourth-order valence-electron chi connectivity index (χ4n) is 1.34. The minimum absolute atomic E-state index is 0.387. The van der Waals surface area contributed by atoms with Gasteiger partial charge in [-0.2, -0.15) is 26.3 Å². The summed E-state index contributed by atoms with van der Waals surface area (Å²) >= 11 is 0. The van der Waals surface area contributed by atoms with E-state index in [0.29, 0.717) is 6.42 Å². The lowest BCUT2D eigenvalue weighted by Gasteiger charge is -2.28. The molecule has 0 spiro atoms. The van der Waals surface area contributed by atoms with E-state index < -0.39 is 30.8 Å². The maximum Gasteiger partial charge on any atom is 0.403 e. The van der Waals surface area contributed by atoms with Crippen molar-refractivity contribution < 1.29 is 31.4 Å². The van der Waals surface area contributed by atoms with Crippen LogP contribution in [-0.4, -0.2) is 23.6 Å². The van der Waals surface area contributed by atoms with Crippen LogP contribution in [0.5, 0.6) is 0 Å². The van der Waals surface area contributed by atoms with E-state index in [9.17, 15) is 26.3 Å². The first-order valence-electron chi connectivity index (χ1n) is 4.81. The molecule has 0 aromatic carbocycles. The number of hydrogen-bond donors (Lipinski definition) is 1. The van der Waals surface area contributed by atoms with E-state index in [2.05, 4.69) is 0 Å². The Labute approximate surface area is 89.4 Å². The van der Waals surface area contributed by atoms with E-state index in [4.69, 9.17) is 5.11 Å². The van der Waals surface area contributed by atoms with Crippen molar-refractivity contribution in [3.63, 3.8) is 0 Å². The van der Waals surface area contributed by atoms with Crippen molar-refractivity contribution in [3.8, 4) is 0 Å². The summed E-state index contributed by atoms with van der Waals surface area (Å²) in [7, 11) is 0. The average Bonchev–Trinajstić information content (AvgIpc) is 1.97. The van der Waals surface area contributed by atoms with Crippen molar-refractivity contribution in [3.05, 3.63) is 0 Å². The molecule has 98 valence electrons. The third-order valence-electron chi connectivity index (χ3n) is 2.43. The van der Waals surface area contributed by atoms with E-state index in [1.807, 2.05) is 0 Å². The Morgan fingerprint density at radius 2 is 1.38 bits per heavy atom. The smallest absolute Gasteiger partial charge is 0.392 e. The molecular formula is C9H14F6O. The SMILES string of the molecule is CCC(C)CC(O)C(C(F)(F)F)C(F)(F)F. The molecule has 0 aliphatic rings. The van der Waals surface area contributed by atoms with E-state index in [1.54, 1.807) is 6.92 Å². The molecule has 16 heavy (non-hydrogen) atoms. The second kappa shape index (κ2) is 5.25. The minimum Gasteiger partial charge on any atom is -0.392 e. The highest BCUT2D eigenvalue weighted by Gasteiger charge is 2.59. The lowest BCUT2D eigenvalue weighted by atomic mass is 9.91. The summed E-state index contributed by atoms with van der Waals surface area (Å²) in [6, 6.07) is 0. The molecule has 0 bridgehead atoms. The van der Waals surface area contributed by atoms with Gasteiger partial charge in [0.15, 0.2) is 5.92 Å². The van der Waals surface area contributed by atoms with Crippen LogP contribution >= 0.6 is 0 Å². The molecule has 2 unspecified atom stereocenters. The highest BCUT2D eigenvalue weighted by molar-refractivity contribution is 4.83. The highest BCUT2D eigenvalue weighted by atomic mass is 19.4. The Morgan fingerprint density at radius 3 is 1.62 bits per heavy atom. The fraction of sp³-hybridized carbons (Fsp3) is 1.00. The Morgan fingerprint density at radius 1 is 1.00 bits per heavy atom. The molecule has 0 fully saturated rings. The number of rotatable bonds is 4. The van der Waals surface area contributed by atoms with Gasteiger partial charge in [-0.3, -0.25) is 0 Å². The van der Waals surface area contributed by atoms with Crippen LogP contribution in [0.1, 0.15) is 26.7 Å². The Balaban J connectivity index is 4.79. The van der Waals surface area contributed by atoms with E-state index >= 15 is 0 Å². The monoisotopic (exact) mass is 252 g/mol. The first-order valence-corrected chi connectivity index (χ1v) is 4.81. The second-order valence-corrected chi connectivity index (χ2v) is 3.88. The first kappa shape index (κ1) is 15.5. The van der Waals surface area contributed by atoms with Gasteiger partial charge in [0.1, 0.15) is 0 Å². The van der Waals surface area contributed by atoms with Crippen molar-refractivity contribution in [1.82, 2.24) is 0 Å². The summed E-state index contributed by atoms with van der Waals surface area (Å²) in [6.45, 7) is 3.13. The molecule has 0 radical (unpaired) electrons. The average molecular weight is 252 g/mol. The van der Waals surface area contributed by atoms with E-state index in [0.717, 1.165) is 0 Å². The summed E-state index contributed by atoms with van der Waals surface area (Å²) in [6.07, 6.45) is -13.5. The van der Waals surface area contributed by atoms with Gasteiger partial charge >= 0.3 is 12.4 Å². The zero-order chi connectivity index (χ0) is 13.1. The molecule has 0 aromatic rings. The van der Waals surface area contributed by atoms with Crippen LogP contribution in [0.25, 0.3) is 0 Å². The normalized spacial score (nSPS) is 17.6. The van der Waals surface area contributed by atoms with Gasteiger partial charge < -0.3 is 5.11 Å². The quantitative estimate of drug-likeness (QED) is 0.759. The van der Waals surface area contributed by atoms with Gasteiger partial charge in [0.25, 0.3) is 0 Å². The zero-order valence-electron chi connectivity index (χ0n) is 8.86. The topological polar surface area (TPSA) is 20.2 Å². The summed E-state index contributed by atoms with van der Waals surface area (Å²) < 4.78 is 72.8. The summed E-state index contributed by atoms with van der Waals surface area (Å²) in [5.41, 5.74) is 0. The minimum atomic E-state index is -5.47. The van der Waals surface area contributed by atoms with Crippen LogP contribution in [0.15, 0.2) is 0 Å². The predicted molar refractivity (Wildman–Crippen MR) is 45.7 cm³/mol. The Bertz CT molecular complexity index is 195. The van der Waals surface area contributed by atoms with Gasteiger partial charge in [0.05, 0.1) is 6.10 Å². The lowest BCUT2D eigenvalue weighted by molar-refractivity contribution is -0.307. The highest BCUT2D eigenvalue weighted by Crippen LogP contribution is 2.42. The molecule has 7 heteroatoms. The third kappa shape index (κ3) is 4.59. The van der Waals surface area contributed by atoms with Crippen molar-refractivity contribution in [1.29, 1.82) is 0 Å². The van der Waals surface area contributed by atoms with Crippen molar-refractivity contribution in [2.24, 2.45) is 11.8 Å². The van der Waals surface area contributed by atoms with Gasteiger partial charge in [-0.1, -0.05) is 20.3 Å². The van der Waals surface area contributed by atoms with Crippen molar-refractivity contribution >= 4 is 0 Å². The Hall–Kier alpha value is -0.460. The number of alkyl halides is 6. The second-order valence-electron chi connectivity index (χ2n) is 3.88. The third-order valence-corrected chi connectivity index (χ3v) is 2.43. The molecule has 0 aliphatic carbocycles. The van der Waals surface area contributed by atoms with Gasteiger partial charge in [-0.05, 0) is 12.3 Å². The van der Waals surface area contributed by atoms with Gasteiger partial charge in [0.2, 0.25) is 0 Å². The molecule has 0 amide bonds. The van der Waals surface area contributed by atoms with Crippen LogP contribution in [0.2, 0.25) is 0 Å². The zero-order valence-corrected chi connectivity index (χ0v) is 8.86.